The van der Waals surface area contributed by atoms with Gasteiger partial charge in [0.1, 0.15) is 0 Å². The second-order valence-electron chi connectivity index (χ2n) is 1.57. The maximum atomic E-state index is 12.4. The van der Waals surface area contributed by atoms with Crippen LogP contribution in [0.15, 0.2) is 0 Å². The molecule has 0 aromatic heterocycles. The Balaban J connectivity index is 0. The number of esters is 1. The van der Waals surface area contributed by atoms with Gasteiger partial charge in [-0.15, -0.1) is 0 Å². The Morgan fingerprint density at radius 3 is 2.46 bits per heavy atom. The number of carbonyl (C=O) groups excluding carboxylic acids is 1. The fraction of sp³-hybridized carbons (Fsp3) is 0.750. The third-order valence-electron chi connectivity index (χ3n) is 0.674. The second-order valence-corrected chi connectivity index (χ2v) is 4.80. The van der Waals surface area contributed by atoms with E-state index in [0.29, 0.717) is 0 Å². The summed E-state index contributed by atoms with van der Waals surface area (Å²) in [4.78, 5) is 10.4. The van der Waals surface area contributed by atoms with Crippen LogP contribution in [0.3, 0.4) is 0 Å². The molecule has 0 rings (SSSR count). The van der Waals surface area contributed by atoms with Gasteiger partial charge >= 0.3 is 35.5 Å². The first-order valence-electron chi connectivity index (χ1n) is 2.81. The zero-order valence-electron chi connectivity index (χ0n) is 7.02. The molecule has 0 aromatic carbocycles. The van der Waals surface area contributed by atoms with Crippen molar-refractivity contribution in [2.45, 2.75) is 12.4 Å². The molecule has 0 N–H and O–H groups in total. The second kappa shape index (κ2) is 7.02. The number of hydrogen-bond acceptors (Lipinski definition) is 6. The molecule has 9 heteroatoms. The maximum Gasteiger partial charge on any atom is 1.00 e. The molecule has 0 aliphatic heterocycles. The van der Waals surface area contributed by atoms with Gasteiger partial charge in [-0.3, -0.25) is 0 Å². The number of alkyl halides is 1. The number of halogens is 1. The number of hydrogen-bond donors (Lipinski definition) is 0. The summed E-state index contributed by atoms with van der Waals surface area (Å²) in [6.45, 7) is 1.36. The summed E-state index contributed by atoms with van der Waals surface area (Å²) in [5.41, 5.74) is -2.47. The van der Waals surface area contributed by atoms with Crippen LogP contribution >= 0.6 is 10.8 Å². The van der Waals surface area contributed by atoms with E-state index in [9.17, 15) is 22.2 Å². The molecule has 0 fully saturated rings. The molecule has 1 atom stereocenters. The smallest absolute Gasteiger partial charge is 0.739 e. The summed E-state index contributed by atoms with van der Waals surface area (Å²) in [7, 11) is -5.42. The van der Waals surface area contributed by atoms with Crippen LogP contribution in [-0.2, 0) is 18.7 Å². The van der Waals surface area contributed by atoms with Gasteiger partial charge in [-0.2, -0.15) is 0 Å². The molecule has 0 heterocycles. The molecular formula is C4H6FNaO5S2. The molecule has 5 nitrogen and oxygen atoms in total. The Morgan fingerprint density at radius 1 is 1.69 bits per heavy atom. The zero-order valence-corrected chi connectivity index (χ0v) is 10.7. The molecule has 13 heavy (non-hydrogen) atoms. The fourth-order valence-corrected chi connectivity index (χ4v) is 1.56. The number of rotatable bonds is 4. The first-order chi connectivity index (χ1) is 5.37. The van der Waals surface area contributed by atoms with E-state index in [4.69, 9.17) is 0 Å². The predicted octanol–water partition coefficient (Wildman–Crippen LogP) is -2.96. The van der Waals surface area contributed by atoms with Crippen LogP contribution < -0.4 is 29.6 Å². The van der Waals surface area contributed by atoms with Gasteiger partial charge in [-0.05, 0) is 6.92 Å². The molecule has 0 saturated carbocycles. The molecule has 0 aliphatic rings. The van der Waals surface area contributed by atoms with Gasteiger partial charge in [-0.1, -0.05) is 0 Å². The normalized spacial score (nSPS) is 12.8. The summed E-state index contributed by atoms with van der Waals surface area (Å²) in [6.07, 6.45) is 0. The van der Waals surface area contributed by atoms with Crippen molar-refractivity contribution in [1.29, 1.82) is 0 Å². The molecular weight excluding hydrogens is 234 g/mol. The Bertz CT molecular complexity index is 253. The van der Waals surface area contributed by atoms with E-state index in [1.807, 2.05) is 0 Å². The Kier molecular flexibility index (Phi) is 8.69. The average molecular weight is 240 g/mol. The maximum absolute atomic E-state index is 12.4. The summed E-state index contributed by atoms with van der Waals surface area (Å²) in [5.74, 6) is -1.36. The molecule has 72 valence electrons. The number of carbonyl (C=O) groups is 1. The van der Waals surface area contributed by atoms with Crippen LogP contribution in [0.2, 0.25) is 0 Å². The van der Waals surface area contributed by atoms with E-state index in [2.05, 4.69) is 4.74 Å². The number of ether oxygens (including phenoxy) is 1. The van der Waals surface area contributed by atoms with Gasteiger partial charge in [0.15, 0.2) is 9.15 Å². The van der Waals surface area contributed by atoms with Crippen LogP contribution in [0, 0.1) is 0 Å². The first-order valence-corrected chi connectivity index (χ1v) is 5.62. The SMILES string of the molecule is CCOC(=O)C(F)SS(=O)(=O)[O-].[Na+]. The van der Waals surface area contributed by atoms with E-state index in [1.165, 1.54) is 6.92 Å². The van der Waals surface area contributed by atoms with Crippen molar-refractivity contribution in [3.05, 3.63) is 0 Å². The van der Waals surface area contributed by atoms with Crippen molar-refractivity contribution in [2.75, 3.05) is 6.61 Å². The molecule has 0 aliphatic carbocycles. The van der Waals surface area contributed by atoms with Crippen molar-refractivity contribution in [2.24, 2.45) is 0 Å². The minimum absolute atomic E-state index is 0. The van der Waals surface area contributed by atoms with Gasteiger partial charge in [0.2, 0.25) is 0 Å². The van der Waals surface area contributed by atoms with Crippen LogP contribution in [0.1, 0.15) is 6.92 Å². The van der Waals surface area contributed by atoms with E-state index in [0.717, 1.165) is 0 Å². The van der Waals surface area contributed by atoms with Crippen LogP contribution in [0.5, 0.6) is 0 Å². The molecule has 0 amide bonds. The molecule has 0 saturated heterocycles. The Hall–Kier alpha value is 0.660. The molecule has 0 bridgehead atoms. The summed E-state index contributed by atoms with van der Waals surface area (Å²) >= 11 is 0. The molecule has 0 aromatic rings. The Morgan fingerprint density at radius 2 is 2.15 bits per heavy atom. The quantitative estimate of drug-likeness (QED) is 0.226. The fourth-order valence-electron chi connectivity index (χ4n) is 0.351. The van der Waals surface area contributed by atoms with Crippen LogP contribution in [-0.4, -0.2) is 31.1 Å². The summed E-state index contributed by atoms with van der Waals surface area (Å²) < 4.78 is 46.2. The molecule has 0 spiro atoms. The van der Waals surface area contributed by atoms with E-state index < -0.39 is 31.4 Å². The van der Waals surface area contributed by atoms with Gasteiger partial charge in [0.25, 0.3) is 5.50 Å². The molecule has 1 unspecified atom stereocenters. The third-order valence-corrected chi connectivity index (χ3v) is 2.49. The monoisotopic (exact) mass is 240 g/mol. The minimum atomic E-state index is -4.80. The zero-order chi connectivity index (χ0) is 9.78. The van der Waals surface area contributed by atoms with Gasteiger partial charge in [0.05, 0.1) is 6.61 Å². The largest absolute Gasteiger partial charge is 1.00 e. The minimum Gasteiger partial charge on any atom is -0.739 e. The third kappa shape index (κ3) is 8.98. The van der Waals surface area contributed by atoms with Gasteiger partial charge in [0, 0.05) is 10.8 Å². The predicted molar refractivity (Wildman–Crippen MR) is 38.8 cm³/mol. The Labute approximate surface area is 101 Å². The van der Waals surface area contributed by atoms with Crippen molar-refractivity contribution in [1.82, 2.24) is 0 Å². The summed E-state index contributed by atoms with van der Waals surface area (Å²) in [6, 6.07) is 0. The van der Waals surface area contributed by atoms with Gasteiger partial charge < -0.3 is 9.29 Å². The van der Waals surface area contributed by atoms with Gasteiger partial charge in [-0.25, -0.2) is 17.6 Å². The van der Waals surface area contributed by atoms with Crippen molar-refractivity contribution >= 4 is 25.9 Å². The molecule has 0 radical (unpaired) electrons. The van der Waals surface area contributed by atoms with Crippen molar-refractivity contribution < 1.29 is 56.4 Å². The van der Waals surface area contributed by atoms with Crippen molar-refractivity contribution in [3.8, 4) is 0 Å². The van der Waals surface area contributed by atoms with Crippen LogP contribution in [0.4, 0.5) is 4.39 Å². The van der Waals surface area contributed by atoms with E-state index in [-0.39, 0.29) is 36.2 Å². The average Bonchev–Trinajstić information content (AvgIpc) is 1.84. The van der Waals surface area contributed by atoms with E-state index in [1.54, 1.807) is 0 Å². The standard InChI is InChI=1S/C4H7FO5S2.Na/c1-2-10-4(6)3(5)11-12(7,8)9;/h3H,2H2,1H3,(H,7,8,9);/q;+1/p-1. The summed E-state index contributed by atoms with van der Waals surface area (Å²) in [5, 5.41) is 0. The first kappa shape index (κ1) is 16.1. The van der Waals surface area contributed by atoms with Crippen LogP contribution in [0.25, 0.3) is 0 Å². The topological polar surface area (TPSA) is 83.5 Å². The van der Waals surface area contributed by atoms with E-state index >= 15 is 0 Å². The van der Waals surface area contributed by atoms with Crippen molar-refractivity contribution in [3.63, 3.8) is 0 Å².